The molecule has 0 bridgehead atoms. The van der Waals surface area contributed by atoms with Crippen LogP contribution in [-0.2, 0) is 4.79 Å². The van der Waals surface area contributed by atoms with E-state index in [2.05, 4.69) is 0 Å². The topological polar surface area (TPSA) is 92.7 Å². The molecule has 2 heterocycles. The minimum absolute atomic E-state index is 0.181. The van der Waals surface area contributed by atoms with Gasteiger partial charge in [0.25, 0.3) is 5.91 Å². The number of rotatable bonds is 2. The van der Waals surface area contributed by atoms with Crippen LogP contribution in [0.2, 0.25) is 5.02 Å². The van der Waals surface area contributed by atoms with Crippen molar-refractivity contribution in [3.8, 4) is 0 Å². The second-order valence-corrected chi connectivity index (χ2v) is 5.90. The molecule has 1 atom stereocenters. The molecule has 1 aromatic carbocycles. The zero-order valence-electron chi connectivity index (χ0n) is 11.5. The van der Waals surface area contributed by atoms with E-state index in [9.17, 15) is 9.59 Å². The van der Waals surface area contributed by atoms with Gasteiger partial charge in [-0.05, 0) is 18.6 Å². The fourth-order valence-corrected chi connectivity index (χ4v) is 3.54. The van der Waals surface area contributed by atoms with Crippen molar-refractivity contribution in [3.63, 3.8) is 0 Å². The summed E-state index contributed by atoms with van der Waals surface area (Å²) in [5.74, 6) is -0.345. The smallest absolute Gasteiger partial charge is 0.250 e. The molecule has 7 heteroatoms. The van der Waals surface area contributed by atoms with Crippen molar-refractivity contribution in [2.45, 2.75) is 18.9 Å². The van der Waals surface area contributed by atoms with E-state index in [1.54, 1.807) is 12.1 Å². The number of piperazine rings is 1. The van der Waals surface area contributed by atoms with Gasteiger partial charge in [-0.1, -0.05) is 11.6 Å². The van der Waals surface area contributed by atoms with Gasteiger partial charge in [0.1, 0.15) is 0 Å². The van der Waals surface area contributed by atoms with Gasteiger partial charge in [-0.25, -0.2) is 0 Å². The summed E-state index contributed by atoms with van der Waals surface area (Å²) in [7, 11) is 0. The highest BCUT2D eigenvalue weighted by Crippen LogP contribution is 2.35. The Balaban J connectivity index is 1.94. The third kappa shape index (κ3) is 2.40. The maximum atomic E-state index is 11.7. The molecule has 2 amide bonds. The number of anilines is 2. The molecule has 2 aliphatic rings. The number of benzene rings is 1. The lowest BCUT2D eigenvalue weighted by Crippen LogP contribution is -2.52. The molecule has 6 nitrogen and oxygen atoms in total. The number of nitrogens with two attached hydrogens (primary N) is 2. The standard InChI is InChI=1S/C14H17ClN4O2/c15-11-6-8(16)5-10(14(17)21)13(11)18-3-4-19-9(7-18)1-2-12(19)20/h5-6,9H,1-4,7,16H2,(H2,17,21). The maximum absolute atomic E-state index is 11.7. The van der Waals surface area contributed by atoms with Crippen molar-refractivity contribution in [1.82, 2.24) is 4.90 Å². The molecule has 3 rings (SSSR count). The Kier molecular flexibility index (Phi) is 3.41. The van der Waals surface area contributed by atoms with Gasteiger partial charge in [0, 0.05) is 37.8 Å². The number of carbonyl (C=O) groups is 2. The fraction of sp³-hybridized carbons (Fsp3) is 0.429. The van der Waals surface area contributed by atoms with Crippen LogP contribution in [0.4, 0.5) is 11.4 Å². The van der Waals surface area contributed by atoms with Crippen LogP contribution in [0.15, 0.2) is 12.1 Å². The summed E-state index contributed by atoms with van der Waals surface area (Å²) < 4.78 is 0. The number of amides is 2. The predicted octanol–water partition coefficient (Wildman–Crippen LogP) is 0.832. The van der Waals surface area contributed by atoms with Crippen LogP contribution >= 0.6 is 11.6 Å². The third-order valence-corrected chi connectivity index (χ3v) is 4.45. The molecule has 2 saturated heterocycles. The predicted molar refractivity (Wildman–Crippen MR) is 81.3 cm³/mol. The Morgan fingerprint density at radius 3 is 2.81 bits per heavy atom. The highest BCUT2D eigenvalue weighted by molar-refractivity contribution is 6.34. The molecule has 0 aliphatic carbocycles. The molecule has 0 radical (unpaired) electrons. The maximum Gasteiger partial charge on any atom is 0.250 e. The molecule has 0 saturated carbocycles. The molecule has 21 heavy (non-hydrogen) atoms. The first-order valence-corrected chi connectivity index (χ1v) is 7.28. The SMILES string of the molecule is NC(=O)c1cc(N)cc(Cl)c1N1CCN2C(=O)CCC2C1. The average Bonchev–Trinajstić information content (AvgIpc) is 2.79. The van der Waals surface area contributed by atoms with Crippen LogP contribution in [0.5, 0.6) is 0 Å². The van der Waals surface area contributed by atoms with Gasteiger partial charge in [-0.15, -0.1) is 0 Å². The molecule has 1 aromatic rings. The van der Waals surface area contributed by atoms with E-state index in [1.165, 1.54) is 0 Å². The van der Waals surface area contributed by atoms with Gasteiger partial charge in [0.05, 0.1) is 16.3 Å². The van der Waals surface area contributed by atoms with Crippen molar-refractivity contribution in [1.29, 1.82) is 0 Å². The first kappa shape index (κ1) is 14.0. The summed E-state index contributed by atoms with van der Waals surface area (Å²) in [6, 6.07) is 3.35. The van der Waals surface area contributed by atoms with Gasteiger partial charge in [0.15, 0.2) is 0 Å². The number of primary amides is 1. The molecule has 2 aliphatic heterocycles. The molecule has 4 N–H and O–H groups in total. The van der Waals surface area contributed by atoms with Crippen molar-refractivity contribution >= 4 is 34.8 Å². The van der Waals surface area contributed by atoms with Crippen molar-refractivity contribution in [3.05, 3.63) is 22.7 Å². The second-order valence-electron chi connectivity index (χ2n) is 5.49. The minimum Gasteiger partial charge on any atom is -0.399 e. The molecule has 2 fully saturated rings. The minimum atomic E-state index is -0.552. The highest BCUT2D eigenvalue weighted by Gasteiger charge is 2.36. The van der Waals surface area contributed by atoms with E-state index < -0.39 is 5.91 Å². The number of carbonyl (C=O) groups excluding carboxylic acids is 2. The van der Waals surface area contributed by atoms with Crippen LogP contribution in [0, 0.1) is 0 Å². The summed E-state index contributed by atoms with van der Waals surface area (Å²) in [4.78, 5) is 27.3. The summed E-state index contributed by atoms with van der Waals surface area (Å²) in [6.07, 6.45) is 1.44. The average molecular weight is 309 g/mol. The van der Waals surface area contributed by atoms with Crippen LogP contribution in [0.3, 0.4) is 0 Å². The summed E-state index contributed by atoms with van der Waals surface area (Å²) in [5.41, 5.74) is 12.5. The van der Waals surface area contributed by atoms with Crippen LogP contribution < -0.4 is 16.4 Å². The van der Waals surface area contributed by atoms with E-state index in [1.807, 2.05) is 9.80 Å². The number of hydrogen-bond donors (Lipinski definition) is 2. The summed E-state index contributed by atoms with van der Waals surface area (Å²) in [5, 5.41) is 0.418. The van der Waals surface area contributed by atoms with Crippen LogP contribution in [0.25, 0.3) is 0 Å². The summed E-state index contributed by atoms with van der Waals surface area (Å²) >= 11 is 6.27. The largest absolute Gasteiger partial charge is 0.399 e. The summed E-state index contributed by atoms with van der Waals surface area (Å²) in [6.45, 7) is 1.93. The third-order valence-electron chi connectivity index (χ3n) is 4.16. The van der Waals surface area contributed by atoms with Crippen LogP contribution in [-0.4, -0.2) is 42.4 Å². The van der Waals surface area contributed by atoms with Gasteiger partial charge in [0.2, 0.25) is 5.91 Å². The van der Waals surface area contributed by atoms with Crippen molar-refractivity contribution in [2.24, 2.45) is 5.73 Å². The Morgan fingerprint density at radius 2 is 2.10 bits per heavy atom. The van der Waals surface area contributed by atoms with Gasteiger partial charge in [-0.2, -0.15) is 0 Å². The number of nitrogen functional groups attached to an aromatic ring is 1. The van der Waals surface area contributed by atoms with Crippen LogP contribution in [0.1, 0.15) is 23.2 Å². The number of hydrogen-bond acceptors (Lipinski definition) is 4. The quantitative estimate of drug-likeness (QED) is 0.792. The van der Waals surface area contributed by atoms with E-state index in [0.717, 1.165) is 6.42 Å². The van der Waals surface area contributed by atoms with Crippen molar-refractivity contribution in [2.75, 3.05) is 30.3 Å². The number of fused-ring (bicyclic) bond motifs is 1. The zero-order valence-corrected chi connectivity index (χ0v) is 12.3. The number of nitrogens with zero attached hydrogens (tertiary/aromatic N) is 2. The normalized spacial score (nSPS) is 21.6. The Bertz CT molecular complexity index is 619. The van der Waals surface area contributed by atoms with Gasteiger partial charge in [-0.3, -0.25) is 9.59 Å². The zero-order chi connectivity index (χ0) is 15.1. The lowest BCUT2D eigenvalue weighted by Gasteiger charge is -2.39. The molecular formula is C14H17ClN4O2. The Morgan fingerprint density at radius 1 is 1.33 bits per heavy atom. The molecule has 0 spiro atoms. The van der Waals surface area contributed by atoms with Gasteiger partial charge >= 0.3 is 0 Å². The monoisotopic (exact) mass is 308 g/mol. The van der Waals surface area contributed by atoms with Crippen molar-refractivity contribution < 1.29 is 9.59 Å². The van der Waals surface area contributed by atoms with E-state index in [0.29, 0.717) is 48.0 Å². The first-order valence-electron chi connectivity index (χ1n) is 6.90. The fourth-order valence-electron chi connectivity index (χ4n) is 3.20. The lowest BCUT2D eigenvalue weighted by molar-refractivity contribution is -0.129. The molecular weight excluding hydrogens is 292 g/mol. The second kappa shape index (κ2) is 5.11. The van der Waals surface area contributed by atoms with Gasteiger partial charge < -0.3 is 21.3 Å². The van der Waals surface area contributed by atoms with E-state index in [-0.39, 0.29) is 11.9 Å². The molecule has 112 valence electrons. The first-order chi connectivity index (χ1) is 9.97. The lowest BCUT2D eigenvalue weighted by atomic mass is 10.1. The Hall–Kier alpha value is -1.95. The van der Waals surface area contributed by atoms with E-state index >= 15 is 0 Å². The number of halogens is 1. The Labute approximate surface area is 127 Å². The molecule has 1 unspecified atom stereocenters. The van der Waals surface area contributed by atoms with E-state index in [4.69, 9.17) is 23.1 Å². The highest BCUT2D eigenvalue weighted by atomic mass is 35.5. The molecule has 0 aromatic heterocycles.